The molecule has 2 rings (SSSR count). The quantitative estimate of drug-likeness (QED) is 0.926. The van der Waals surface area contributed by atoms with Crippen LogP contribution in [0.15, 0.2) is 41.1 Å². The largest absolute Gasteiger partial charge is 0.329 e. The average molecular weight is 266 g/mol. The molecule has 0 saturated heterocycles. The summed E-state index contributed by atoms with van der Waals surface area (Å²) in [7, 11) is 0. The van der Waals surface area contributed by atoms with Crippen molar-refractivity contribution in [2.24, 2.45) is 5.73 Å². The van der Waals surface area contributed by atoms with E-state index in [1.807, 2.05) is 30.3 Å². The summed E-state index contributed by atoms with van der Waals surface area (Å²) in [4.78, 5) is 4.37. The van der Waals surface area contributed by atoms with Gasteiger partial charge < -0.3 is 10.3 Å². The van der Waals surface area contributed by atoms with E-state index in [0.29, 0.717) is 6.54 Å². The van der Waals surface area contributed by atoms with Crippen molar-refractivity contribution in [3.8, 4) is 11.4 Å². The Balaban J connectivity index is 2.44. The zero-order valence-electron chi connectivity index (χ0n) is 8.23. The predicted octanol–water partition coefficient (Wildman–Crippen LogP) is 2.27. The molecule has 1 aromatic carbocycles. The molecule has 0 atom stereocenters. The fourth-order valence-electron chi connectivity index (χ4n) is 1.51. The minimum Gasteiger partial charge on any atom is -0.329 e. The average Bonchev–Trinajstić information content (AvgIpc) is 2.63. The number of nitrogens with zero attached hydrogens (tertiary/aromatic N) is 2. The van der Waals surface area contributed by atoms with Gasteiger partial charge in [-0.15, -0.1) is 0 Å². The van der Waals surface area contributed by atoms with Crippen molar-refractivity contribution in [2.45, 2.75) is 6.54 Å². The number of hydrogen-bond acceptors (Lipinski definition) is 2. The van der Waals surface area contributed by atoms with Crippen molar-refractivity contribution in [2.75, 3.05) is 6.54 Å². The van der Waals surface area contributed by atoms with Crippen molar-refractivity contribution < 1.29 is 0 Å². The highest BCUT2D eigenvalue weighted by Crippen LogP contribution is 2.22. The fraction of sp³-hybridized carbons (Fsp3) is 0.182. The number of hydrogen-bond donors (Lipinski definition) is 1. The molecule has 1 aromatic heterocycles. The van der Waals surface area contributed by atoms with Crippen molar-refractivity contribution in [1.29, 1.82) is 0 Å². The number of benzene rings is 1. The van der Waals surface area contributed by atoms with Crippen LogP contribution < -0.4 is 5.73 Å². The number of halogens is 1. The second kappa shape index (κ2) is 4.59. The van der Waals surface area contributed by atoms with Crippen molar-refractivity contribution in [1.82, 2.24) is 9.55 Å². The van der Waals surface area contributed by atoms with Gasteiger partial charge in [-0.25, -0.2) is 4.98 Å². The Kier molecular flexibility index (Phi) is 3.18. The van der Waals surface area contributed by atoms with Gasteiger partial charge in [-0.05, 0) is 15.9 Å². The molecule has 78 valence electrons. The van der Waals surface area contributed by atoms with E-state index in [1.54, 1.807) is 6.20 Å². The summed E-state index contributed by atoms with van der Waals surface area (Å²) in [5, 5.41) is 0. The SMILES string of the molecule is NCCn1c(Br)cnc1-c1ccccc1. The molecule has 0 fully saturated rings. The molecule has 0 saturated carbocycles. The summed E-state index contributed by atoms with van der Waals surface area (Å²) in [6, 6.07) is 10.1. The van der Waals surface area contributed by atoms with Crippen LogP contribution >= 0.6 is 15.9 Å². The van der Waals surface area contributed by atoms with Crippen LogP contribution in [0.3, 0.4) is 0 Å². The maximum atomic E-state index is 5.57. The minimum atomic E-state index is 0.606. The molecular formula is C11H12BrN3. The highest BCUT2D eigenvalue weighted by molar-refractivity contribution is 9.10. The van der Waals surface area contributed by atoms with Crippen LogP contribution in [0.5, 0.6) is 0 Å². The number of aromatic nitrogens is 2. The Morgan fingerprint density at radius 3 is 2.67 bits per heavy atom. The molecule has 0 radical (unpaired) electrons. The van der Waals surface area contributed by atoms with E-state index in [1.165, 1.54) is 0 Å². The lowest BCUT2D eigenvalue weighted by Gasteiger charge is -2.07. The summed E-state index contributed by atoms with van der Waals surface area (Å²) in [5.41, 5.74) is 6.67. The Hall–Kier alpha value is -1.13. The minimum absolute atomic E-state index is 0.606. The van der Waals surface area contributed by atoms with Gasteiger partial charge in [0.05, 0.1) is 6.20 Å². The monoisotopic (exact) mass is 265 g/mol. The lowest BCUT2D eigenvalue weighted by atomic mass is 10.2. The molecule has 1 heterocycles. The Morgan fingerprint density at radius 2 is 2.00 bits per heavy atom. The predicted molar refractivity (Wildman–Crippen MR) is 64.4 cm³/mol. The van der Waals surface area contributed by atoms with E-state index < -0.39 is 0 Å². The molecule has 0 aliphatic heterocycles. The standard InChI is InChI=1S/C11H12BrN3/c12-10-8-14-11(15(10)7-6-13)9-4-2-1-3-5-9/h1-5,8H,6-7,13H2. The molecule has 0 bridgehead atoms. The third-order valence-corrected chi connectivity index (χ3v) is 2.82. The molecule has 0 aliphatic carbocycles. The Morgan fingerprint density at radius 1 is 1.27 bits per heavy atom. The molecule has 3 nitrogen and oxygen atoms in total. The van der Waals surface area contributed by atoms with Gasteiger partial charge in [0.15, 0.2) is 0 Å². The van der Waals surface area contributed by atoms with Gasteiger partial charge in [-0.1, -0.05) is 30.3 Å². The van der Waals surface area contributed by atoms with Crippen molar-refractivity contribution in [3.05, 3.63) is 41.1 Å². The number of nitrogens with two attached hydrogens (primary N) is 1. The lowest BCUT2D eigenvalue weighted by Crippen LogP contribution is -2.11. The third-order valence-electron chi connectivity index (χ3n) is 2.19. The van der Waals surface area contributed by atoms with Gasteiger partial charge in [0.2, 0.25) is 0 Å². The molecule has 0 unspecified atom stereocenters. The molecule has 0 aliphatic rings. The zero-order chi connectivity index (χ0) is 10.7. The smallest absolute Gasteiger partial charge is 0.140 e. The highest BCUT2D eigenvalue weighted by atomic mass is 79.9. The first-order valence-electron chi connectivity index (χ1n) is 4.79. The van der Waals surface area contributed by atoms with Crippen LogP contribution in [0.25, 0.3) is 11.4 Å². The van der Waals surface area contributed by atoms with Gasteiger partial charge in [0, 0.05) is 18.7 Å². The van der Waals surface area contributed by atoms with E-state index >= 15 is 0 Å². The molecule has 0 amide bonds. The first-order chi connectivity index (χ1) is 7.33. The number of imidazole rings is 1. The molecule has 0 spiro atoms. The summed E-state index contributed by atoms with van der Waals surface area (Å²) in [6.07, 6.45) is 1.80. The van der Waals surface area contributed by atoms with Crippen LogP contribution in [-0.2, 0) is 6.54 Å². The fourth-order valence-corrected chi connectivity index (χ4v) is 1.96. The van der Waals surface area contributed by atoms with E-state index in [2.05, 4.69) is 25.5 Å². The van der Waals surface area contributed by atoms with Crippen molar-refractivity contribution >= 4 is 15.9 Å². The summed E-state index contributed by atoms with van der Waals surface area (Å²) >= 11 is 3.46. The molecule has 15 heavy (non-hydrogen) atoms. The molecule has 2 N–H and O–H groups in total. The van der Waals surface area contributed by atoms with Gasteiger partial charge in [-0.3, -0.25) is 0 Å². The maximum Gasteiger partial charge on any atom is 0.140 e. The van der Waals surface area contributed by atoms with Gasteiger partial charge in [0.1, 0.15) is 10.4 Å². The Labute approximate surface area is 97.1 Å². The topological polar surface area (TPSA) is 43.8 Å². The first kappa shape index (κ1) is 10.4. The molecule has 2 aromatic rings. The first-order valence-corrected chi connectivity index (χ1v) is 5.58. The van der Waals surface area contributed by atoms with E-state index in [4.69, 9.17) is 5.73 Å². The summed E-state index contributed by atoms with van der Waals surface area (Å²) < 4.78 is 3.03. The molecular weight excluding hydrogens is 254 g/mol. The van der Waals surface area contributed by atoms with Gasteiger partial charge in [0.25, 0.3) is 0 Å². The Bertz CT molecular complexity index is 436. The van der Waals surface area contributed by atoms with Crippen LogP contribution in [0.4, 0.5) is 0 Å². The maximum absolute atomic E-state index is 5.57. The van der Waals surface area contributed by atoms with Crippen LogP contribution in [0, 0.1) is 0 Å². The van der Waals surface area contributed by atoms with Gasteiger partial charge >= 0.3 is 0 Å². The lowest BCUT2D eigenvalue weighted by molar-refractivity contribution is 0.702. The number of rotatable bonds is 3. The summed E-state index contributed by atoms with van der Waals surface area (Å²) in [6.45, 7) is 1.37. The van der Waals surface area contributed by atoms with E-state index in [0.717, 1.165) is 22.5 Å². The second-order valence-corrected chi connectivity index (χ2v) is 4.02. The van der Waals surface area contributed by atoms with Crippen LogP contribution in [-0.4, -0.2) is 16.1 Å². The van der Waals surface area contributed by atoms with Crippen LogP contribution in [0.1, 0.15) is 0 Å². The van der Waals surface area contributed by atoms with E-state index in [-0.39, 0.29) is 0 Å². The second-order valence-electron chi connectivity index (χ2n) is 3.21. The summed E-state index contributed by atoms with van der Waals surface area (Å²) in [5.74, 6) is 0.952. The van der Waals surface area contributed by atoms with Gasteiger partial charge in [-0.2, -0.15) is 0 Å². The third kappa shape index (κ3) is 2.11. The normalized spacial score (nSPS) is 10.5. The zero-order valence-corrected chi connectivity index (χ0v) is 9.81. The van der Waals surface area contributed by atoms with Crippen molar-refractivity contribution in [3.63, 3.8) is 0 Å². The molecule has 4 heteroatoms. The van der Waals surface area contributed by atoms with E-state index in [9.17, 15) is 0 Å². The highest BCUT2D eigenvalue weighted by Gasteiger charge is 2.08. The van der Waals surface area contributed by atoms with Crippen LogP contribution in [0.2, 0.25) is 0 Å².